The highest BCUT2D eigenvalue weighted by atomic mass is 79.9. The van der Waals surface area contributed by atoms with Crippen molar-refractivity contribution in [1.29, 1.82) is 0 Å². The van der Waals surface area contributed by atoms with Crippen LogP contribution in [0.1, 0.15) is 26.3 Å². The highest BCUT2D eigenvalue weighted by molar-refractivity contribution is 9.10. The highest BCUT2D eigenvalue weighted by Gasteiger charge is 2.37. The van der Waals surface area contributed by atoms with E-state index in [9.17, 15) is 13.2 Å². The van der Waals surface area contributed by atoms with E-state index < -0.39 is 10.0 Å². The fourth-order valence-corrected chi connectivity index (χ4v) is 5.94. The van der Waals surface area contributed by atoms with Crippen molar-refractivity contribution in [3.8, 4) is 0 Å². The summed E-state index contributed by atoms with van der Waals surface area (Å²) in [5, 5.41) is 0. The Kier molecular flexibility index (Phi) is 5.12. The lowest BCUT2D eigenvalue weighted by atomic mass is 10.1. The quantitative estimate of drug-likeness (QED) is 0.728. The van der Waals surface area contributed by atoms with Crippen LogP contribution < -0.4 is 9.21 Å². The Morgan fingerprint density at radius 1 is 1.27 bits per heavy atom. The van der Waals surface area contributed by atoms with Crippen LogP contribution in [0, 0.1) is 0 Å². The zero-order valence-electron chi connectivity index (χ0n) is 14.9. The second-order valence-electron chi connectivity index (χ2n) is 6.36. The van der Waals surface area contributed by atoms with Gasteiger partial charge < -0.3 is 4.90 Å². The molecule has 0 saturated carbocycles. The van der Waals surface area contributed by atoms with Crippen LogP contribution in [0.5, 0.6) is 0 Å². The van der Waals surface area contributed by atoms with Gasteiger partial charge in [0.1, 0.15) is 4.90 Å². The van der Waals surface area contributed by atoms with Gasteiger partial charge in [-0.2, -0.15) is 0 Å². The summed E-state index contributed by atoms with van der Waals surface area (Å²) >= 11 is 3.43. The second kappa shape index (κ2) is 7.04. The summed E-state index contributed by atoms with van der Waals surface area (Å²) < 4.78 is 29.1. The third kappa shape index (κ3) is 3.14. The molecule has 2 aromatic carbocycles. The molecule has 0 spiro atoms. The van der Waals surface area contributed by atoms with Crippen LogP contribution in [0.2, 0.25) is 0 Å². The van der Waals surface area contributed by atoms with E-state index >= 15 is 0 Å². The number of carbonyl (C=O) groups is 1. The molecule has 138 valence electrons. The third-order valence-corrected chi connectivity index (χ3v) is 6.93. The maximum atomic E-state index is 13.5. The average molecular weight is 437 g/mol. The van der Waals surface area contributed by atoms with Gasteiger partial charge in [-0.05, 0) is 50.1 Å². The fourth-order valence-electron chi connectivity index (χ4n) is 3.56. The fraction of sp³-hybridized carbons (Fsp3) is 0.316. The Morgan fingerprint density at radius 2 is 1.92 bits per heavy atom. The normalized spacial score (nSPS) is 16.5. The first kappa shape index (κ1) is 18.9. The van der Waals surface area contributed by atoms with Crippen LogP contribution in [0.4, 0.5) is 11.4 Å². The van der Waals surface area contributed by atoms with Crippen molar-refractivity contribution in [3.05, 3.63) is 52.5 Å². The lowest BCUT2D eigenvalue weighted by molar-refractivity contribution is -0.116. The molecule has 1 amide bonds. The first-order chi connectivity index (χ1) is 12.3. The number of benzene rings is 2. The Balaban J connectivity index is 2.22. The monoisotopic (exact) mass is 436 g/mol. The molecule has 26 heavy (non-hydrogen) atoms. The van der Waals surface area contributed by atoms with Gasteiger partial charge in [-0.25, -0.2) is 8.42 Å². The van der Waals surface area contributed by atoms with Gasteiger partial charge >= 0.3 is 0 Å². The molecule has 0 fully saturated rings. The lowest BCUT2D eigenvalue weighted by Gasteiger charge is -2.27. The van der Waals surface area contributed by atoms with E-state index in [0.29, 0.717) is 28.8 Å². The summed E-state index contributed by atoms with van der Waals surface area (Å²) in [5.41, 5.74) is 1.97. The molecular weight excluding hydrogens is 416 g/mol. The van der Waals surface area contributed by atoms with Crippen molar-refractivity contribution in [2.45, 2.75) is 38.1 Å². The maximum absolute atomic E-state index is 13.5. The minimum absolute atomic E-state index is 0.0717. The van der Waals surface area contributed by atoms with Crippen LogP contribution in [0.25, 0.3) is 0 Å². The Labute approximate surface area is 162 Å². The molecule has 0 aliphatic carbocycles. The molecule has 1 heterocycles. The number of halogens is 1. The Bertz CT molecular complexity index is 945. The zero-order valence-corrected chi connectivity index (χ0v) is 17.3. The molecule has 0 radical (unpaired) electrons. The molecule has 1 aliphatic rings. The number of sulfonamides is 1. The number of anilines is 2. The van der Waals surface area contributed by atoms with Crippen LogP contribution in [0.3, 0.4) is 0 Å². The lowest BCUT2D eigenvalue weighted by Crippen LogP contribution is -2.36. The molecular formula is C19H21BrN2O3S. The van der Waals surface area contributed by atoms with Gasteiger partial charge in [0.25, 0.3) is 10.0 Å². The zero-order chi connectivity index (χ0) is 19.1. The number of hydrogen-bond donors (Lipinski definition) is 0. The molecule has 5 nitrogen and oxygen atoms in total. The molecule has 3 rings (SSSR count). The molecule has 0 bridgehead atoms. The highest BCUT2D eigenvalue weighted by Crippen LogP contribution is 2.41. The molecule has 0 aromatic heterocycles. The van der Waals surface area contributed by atoms with Gasteiger partial charge in [-0.15, -0.1) is 0 Å². The second-order valence-corrected chi connectivity index (χ2v) is 9.11. The minimum Gasteiger partial charge on any atom is -0.308 e. The molecule has 7 heteroatoms. The van der Waals surface area contributed by atoms with Gasteiger partial charge in [0.15, 0.2) is 0 Å². The van der Waals surface area contributed by atoms with E-state index in [1.165, 1.54) is 11.2 Å². The third-order valence-electron chi connectivity index (χ3n) is 4.55. The molecule has 1 aliphatic heterocycles. The van der Waals surface area contributed by atoms with E-state index in [4.69, 9.17) is 0 Å². The van der Waals surface area contributed by atoms with Gasteiger partial charge in [-0.3, -0.25) is 9.10 Å². The average Bonchev–Trinajstić information content (AvgIpc) is 2.91. The molecule has 0 saturated heterocycles. The van der Waals surface area contributed by atoms with Gasteiger partial charge in [0.2, 0.25) is 5.91 Å². The number of nitrogens with zero attached hydrogens (tertiary/aromatic N) is 2. The van der Waals surface area contributed by atoms with Crippen molar-refractivity contribution in [2.24, 2.45) is 0 Å². The number of para-hydroxylation sites is 1. The smallest absolute Gasteiger partial charge is 0.266 e. The first-order valence-electron chi connectivity index (χ1n) is 8.47. The van der Waals surface area contributed by atoms with Crippen molar-refractivity contribution in [3.63, 3.8) is 0 Å². The summed E-state index contributed by atoms with van der Waals surface area (Å²) in [6.07, 6.45) is 0.633. The first-order valence-corrected chi connectivity index (χ1v) is 10.7. The van der Waals surface area contributed by atoms with Gasteiger partial charge in [0, 0.05) is 24.0 Å². The van der Waals surface area contributed by atoms with Crippen LogP contribution in [-0.4, -0.2) is 26.9 Å². The number of fused-ring (bicyclic) bond motifs is 1. The van der Waals surface area contributed by atoms with Crippen LogP contribution in [-0.2, 0) is 21.2 Å². The summed E-state index contributed by atoms with van der Waals surface area (Å²) in [4.78, 5) is 13.9. The predicted octanol–water partition coefficient (Wildman–Crippen LogP) is 3.96. The minimum atomic E-state index is -3.83. The molecule has 2 aromatic rings. The molecule has 0 N–H and O–H groups in total. The SMILES string of the molecule is CCN(c1ccccc1)S(=O)(=O)c1cc(Br)cc2c1N(C(C)=O)C(C)C2. The Hall–Kier alpha value is -1.86. The predicted molar refractivity (Wildman–Crippen MR) is 107 cm³/mol. The standard InChI is InChI=1S/C19H21BrN2O3S/c1-4-21(17-8-6-5-7-9-17)26(24,25)18-12-16(20)11-15-10-13(2)22(14(3)23)19(15)18/h5-9,11-13H,4,10H2,1-3H3. The van der Waals surface area contributed by atoms with E-state index in [2.05, 4.69) is 15.9 Å². The summed E-state index contributed by atoms with van der Waals surface area (Å²) in [6.45, 7) is 5.50. The van der Waals surface area contributed by atoms with E-state index in [-0.39, 0.29) is 16.8 Å². The van der Waals surface area contributed by atoms with Crippen LogP contribution in [0.15, 0.2) is 51.8 Å². The summed E-state index contributed by atoms with van der Waals surface area (Å²) in [7, 11) is -3.83. The number of carbonyl (C=O) groups excluding carboxylic acids is 1. The van der Waals surface area contributed by atoms with E-state index in [1.807, 2.05) is 31.2 Å². The Morgan fingerprint density at radius 3 is 2.50 bits per heavy atom. The van der Waals surface area contributed by atoms with Crippen molar-refractivity contribution < 1.29 is 13.2 Å². The van der Waals surface area contributed by atoms with Gasteiger partial charge in [0.05, 0.1) is 11.4 Å². The summed E-state index contributed by atoms with van der Waals surface area (Å²) in [6, 6.07) is 12.4. The number of rotatable bonds is 4. The number of amides is 1. The largest absolute Gasteiger partial charge is 0.308 e. The van der Waals surface area contributed by atoms with Crippen molar-refractivity contribution >= 4 is 43.2 Å². The molecule has 1 atom stereocenters. The van der Waals surface area contributed by atoms with Gasteiger partial charge in [-0.1, -0.05) is 34.1 Å². The van der Waals surface area contributed by atoms with Crippen molar-refractivity contribution in [1.82, 2.24) is 0 Å². The topological polar surface area (TPSA) is 57.7 Å². The molecule has 1 unspecified atom stereocenters. The van der Waals surface area contributed by atoms with Crippen molar-refractivity contribution in [2.75, 3.05) is 15.7 Å². The van der Waals surface area contributed by atoms with Crippen LogP contribution >= 0.6 is 15.9 Å². The van der Waals surface area contributed by atoms with E-state index in [1.54, 1.807) is 30.0 Å². The maximum Gasteiger partial charge on any atom is 0.266 e. The van der Waals surface area contributed by atoms with E-state index in [0.717, 1.165) is 5.56 Å². The number of hydrogen-bond acceptors (Lipinski definition) is 3. The summed E-state index contributed by atoms with van der Waals surface area (Å²) in [5.74, 6) is -0.155.